The minimum Gasteiger partial charge on any atom is -0.192 e. The van der Waals surface area contributed by atoms with Gasteiger partial charge in [0.25, 0.3) is 0 Å². The van der Waals surface area contributed by atoms with Crippen molar-refractivity contribution in [3.05, 3.63) is 72.3 Å². The molecule has 0 spiro atoms. The molecule has 0 N–H and O–H groups in total. The highest BCUT2D eigenvalue weighted by Gasteiger charge is 2.07. The van der Waals surface area contributed by atoms with E-state index in [0.29, 0.717) is 5.56 Å². The smallest absolute Gasteiger partial charge is 0.100 e. The van der Waals surface area contributed by atoms with Crippen molar-refractivity contribution in [1.29, 1.82) is 5.26 Å². The normalized spacial score (nSPS) is 9.59. The number of benzene rings is 2. The standard InChI is InChI=1S/C16H12N/c1-2-7-13-8-3-5-10-15(13)16-11-6-4-9-14(16)12-17/h2-6,8,10-11H,1,7H2. The van der Waals surface area contributed by atoms with E-state index in [-0.39, 0.29) is 0 Å². The Kier molecular flexibility index (Phi) is 3.37. The topological polar surface area (TPSA) is 23.8 Å². The Balaban J connectivity index is 2.60. The number of hydrogen-bond donors (Lipinski definition) is 0. The molecule has 0 aliphatic carbocycles. The molecule has 0 heterocycles. The summed E-state index contributed by atoms with van der Waals surface area (Å²) in [5, 5.41) is 9.10. The Morgan fingerprint density at radius 1 is 1.18 bits per heavy atom. The summed E-state index contributed by atoms with van der Waals surface area (Å²) in [6.45, 7) is 3.76. The molecule has 2 aromatic carbocycles. The maximum absolute atomic E-state index is 9.10. The van der Waals surface area contributed by atoms with E-state index in [4.69, 9.17) is 5.26 Å². The summed E-state index contributed by atoms with van der Waals surface area (Å²) in [6, 6.07) is 18.8. The molecule has 2 rings (SSSR count). The number of allylic oxidation sites excluding steroid dienone is 1. The molecule has 81 valence electrons. The molecule has 0 unspecified atom stereocenters. The second-order valence-corrected chi connectivity index (χ2v) is 3.72. The Hall–Kier alpha value is -2.33. The van der Waals surface area contributed by atoms with Gasteiger partial charge < -0.3 is 0 Å². The van der Waals surface area contributed by atoms with Crippen LogP contribution in [0.3, 0.4) is 0 Å². The van der Waals surface area contributed by atoms with Gasteiger partial charge in [0.1, 0.15) is 6.07 Å². The summed E-state index contributed by atoms with van der Waals surface area (Å²) in [6.07, 6.45) is 2.67. The largest absolute Gasteiger partial charge is 0.192 e. The zero-order valence-corrected chi connectivity index (χ0v) is 9.48. The molecular formula is C16H12N. The monoisotopic (exact) mass is 218 g/mol. The quantitative estimate of drug-likeness (QED) is 0.720. The van der Waals surface area contributed by atoms with Crippen LogP contribution in [0.15, 0.2) is 55.1 Å². The summed E-state index contributed by atoms with van der Waals surface area (Å²) in [4.78, 5) is 0. The van der Waals surface area contributed by atoms with Crippen LogP contribution in [-0.2, 0) is 6.42 Å². The van der Waals surface area contributed by atoms with Gasteiger partial charge in [0.05, 0.1) is 5.56 Å². The lowest BCUT2D eigenvalue weighted by Crippen LogP contribution is -1.90. The first kappa shape index (κ1) is 11.2. The van der Waals surface area contributed by atoms with Crippen LogP contribution in [-0.4, -0.2) is 0 Å². The number of hydrogen-bond acceptors (Lipinski definition) is 1. The van der Waals surface area contributed by atoms with Crippen LogP contribution in [0.25, 0.3) is 11.1 Å². The van der Waals surface area contributed by atoms with E-state index in [2.05, 4.69) is 24.8 Å². The van der Waals surface area contributed by atoms with E-state index in [1.54, 1.807) is 6.07 Å². The van der Waals surface area contributed by atoms with Crippen LogP contribution in [0.5, 0.6) is 0 Å². The van der Waals surface area contributed by atoms with Gasteiger partial charge in [0.2, 0.25) is 0 Å². The number of rotatable bonds is 3. The van der Waals surface area contributed by atoms with Crippen molar-refractivity contribution in [1.82, 2.24) is 0 Å². The highest BCUT2D eigenvalue weighted by molar-refractivity contribution is 5.73. The Morgan fingerprint density at radius 3 is 2.71 bits per heavy atom. The van der Waals surface area contributed by atoms with Gasteiger partial charge in [0.15, 0.2) is 0 Å². The Morgan fingerprint density at radius 2 is 1.94 bits per heavy atom. The van der Waals surface area contributed by atoms with Crippen molar-refractivity contribution in [3.63, 3.8) is 0 Å². The van der Waals surface area contributed by atoms with Crippen molar-refractivity contribution in [3.8, 4) is 17.2 Å². The summed E-state index contributed by atoms with van der Waals surface area (Å²) < 4.78 is 0. The highest BCUT2D eigenvalue weighted by atomic mass is 14.2. The van der Waals surface area contributed by atoms with Crippen LogP contribution in [0, 0.1) is 17.4 Å². The van der Waals surface area contributed by atoms with E-state index in [0.717, 1.165) is 17.5 Å². The molecule has 0 aliphatic rings. The summed E-state index contributed by atoms with van der Waals surface area (Å²) >= 11 is 0. The lowest BCUT2D eigenvalue weighted by atomic mass is 9.94. The van der Waals surface area contributed by atoms with E-state index in [1.807, 2.05) is 36.4 Å². The molecular weight excluding hydrogens is 206 g/mol. The first-order valence-electron chi connectivity index (χ1n) is 5.47. The molecule has 17 heavy (non-hydrogen) atoms. The molecule has 0 atom stereocenters. The number of nitrogens with zero attached hydrogens (tertiary/aromatic N) is 1. The third-order valence-electron chi connectivity index (χ3n) is 2.64. The molecule has 1 radical (unpaired) electrons. The second kappa shape index (κ2) is 5.14. The predicted octanol–water partition coefficient (Wildman–Crippen LogP) is 3.75. The van der Waals surface area contributed by atoms with Crippen LogP contribution in [0.1, 0.15) is 11.1 Å². The highest BCUT2D eigenvalue weighted by Crippen LogP contribution is 2.26. The molecule has 1 nitrogen and oxygen atoms in total. The molecule has 1 heteroatoms. The predicted molar refractivity (Wildman–Crippen MR) is 69.3 cm³/mol. The molecule has 0 fully saturated rings. The minimum absolute atomic E-state index is 0.587. The van der Waals surface area contributed by atoms with Gasteiger partial charge in [-0.15, -0.1) is 6.58 Å². The van der Waals surface area contributed by atoms with Crippen LogP contribution >= 0.6 is 0 Å². The van der Waals surface area contributed by atoms with Gasteiger partial charge in [0, 0.05) is 11.6 Å². The maximum Gasteiger partial charge on any atom is 0.100 e. The molecule has 0 amide bonds. The van der Waals surface area contributed by atoms with Gasteiger partial charge in [-0.05, 0) is 17.5 Å². The van der Waals surface area contributed by atoms with Gasteiger partial charge in [-0.1, -0.05) is 48.5 Å². The summed E-state index contributed by atoms with van der Waals surface area (Å²) in [7, 11) is 0. The van der Waals surface area contributed by atoms with Crippen molar-refractivity contribution in [2.45, 2.75) is 6.42 Å². The average Bonchev–Trinajstić information content (AvgIpc) is 2.40. The van der Waals surface area contributed by atoms with Crippen molar-refractivity contribution < 1.29 is 0 Å². The molecule has 0 aromatic heterocycles. The Labute approximate surface area is 102 Å². The van der Waals surface area contributed by atoms with Crippen molar-refractivity contribution in [2.75, 3.05) is 0 Å². The lowest BCUT2D eigenvalue weighted by molar-refractivity contribution is 1.28. The third-order valence-corrected chi connectivity index (χ3v) is 2.64. The number of nitriles is 1. The van der Waals surface area contributed by atoms with E-state index in [1.165, 1.54) is 5.56 Å². The molecule has 2 aromatic rings. The fourth-order valence-corrected chi connectivity index (χ4v) is 1.87. The third kappa shape index (κ3) is 2.26. The van der Waals surface area contributed by atoms with Gasteiger partial charge in [-0.25, -0.2) is 0 Å². The molecule has 0 bridgehead atoms. The van der Waals surface area contributed by atoms with E-state index in [9.17, 15) is 0 Å². The van der Waals surface area contributed by atoms with Crippen LogP contribution in [0.4, 0.5) is 0 Å². The molecule has 0 saturated carbocycles. The van der Waals surface area contributed by atoms with E-state index < -0.39 is 0 Å². The van der Waals surface area contributed by atoms with Gasteiger partial charge >= 0.3 is 0 Å². The Bertz CT molecular complexity index is 576. The SMILES string of the molecule is C=CCc1ccccc1-c1ccc[c]c1C#N. The van der Waals surface area contributed by atoms with Crippen molar-refractivity contribution >= 4 is 0 Å². The second-order valence-electron chi connectivity index (χ2n) is 3.72. The van der Waals surface area contributed by atoms with Gasteiger partial charge in [-0.2, -0.15) is 5.26 Å². The van der Waals surface area contributed by atoms with Gasteiger partial charge in [-0.3, -0.25) is 0 Å². The van der Waals surface area contributed by atoms with Crippen LogP contribution in [0.2, 0.25) is 0 Å². The minimum atomic E-state index is 0.587. The zero-order valence-electron chi connectivity index (χ0n) is 9.48. The average molecular weight is 218 g/mol. The molecule has 0 saturated heterocycles. The summed E-state index contributed by atoms with van der Waals surface area (Å²) in [5.74, 6) is 0. The fraction of sp³-hybridized carbons (Fsp3) is 0.0625. The first-order chi connectivity index (χ1) is 8.36. The molecule has 0 aliphatic heterocycles. The summed E-state index contributed by atoms with van der Waals surface area (Å²) in [5.41, 5.74) is 3.79. The fourth-order valence-electron chi connectivity index (χ4n) is 1.87. The van der Waals surface area contributed by atoms with Crippen molar-refractivity contribution in [2.24, 2.45) is 0 Å². The zero-order chi connectivity index (χ0) is 12.1. The first-order valence-corrected chi connectivity index (χ1v) is 5.47. The van der Waals surface area contributed by atoms with E-state index >= 15 is 0 Å². The lowest BCUT2D eigenvalue weighted by Gasteiger charge is -2.09. The maximum atomic E-state index is 9.10. The van der Waals surface area contributed by atoms with Crippen LogP contribution < -0.4 is 0 Å².